The first-order valence-corrected chi connectivity index (χ1v) is 8.62. The maximum Gasteiger partial charge on any atom is 0.217 e. The van der Waals surface area contributed by atoms with Crippen LogP contribution in [-0.2, 0) is 11.3 Å². The van der Waals surface area contributed by atoms with Crippen LogP contribution in [0.1, 0.15) is 26.3 Å². The normalized spacial score (nSPS) is 21.3. The molecule has 24 heavy (non-hydrogen) atoms. The number of hydrogen-bond donors (Lipinski definition) is 1. The van der Waals surface area contributed by atoms with Gasteiger partial charge in [-0.15, -0.1) is 0 Å². The zero-order chi connectivity index (χ0) is 17.1. The van der Waals surface area contributed by atoms with E-state index in [4.69, 9.17) is 0 Å². The van der Waals surface area contributed by atoms with Crippen LogP contribution in [0.15, 0.2) is 42.7 Å². The minimum Gasteiger partial charge on any atom is -0.352 e. The van der Waals surface area contributed by atoms with E-state index in [9.17, 15) is 4.79 Å². The van der Waals surface area contributed by atoms with E-state index in [1.165, 1.54) is 5.56 Å². The summed E-state index contributed by atoms with van der Waals surface area (Å²) in [4.78, 5) is 13.9. The monoisotopic (exact) mass is 326 g/mol. The summed E-state index contributed by atoms with van der Waals surface area (Å²) in [5.74, 6) is 1.10. The van der Waals surface area contributed by atoms with Crippen molar-refractivity contribution in [2.75, 3.05) is 13.1 Å². The van der Waals surface area contributed by atoms with Gasteiger partial charge in [-0.1, -0.05) is 32.0 Å². The van der Waals surface area contributed by atoms with Crippen LogP contribution in [0.5, 0.6) is 0 Å². The minimum absolute atomic E-state index is 0.0597. The van der Waals surface area contributed by atoms with Crippen molar-refractivity contribution >= 4 is 5.91 Å². The Labute approximate surface area is 143 Å². The van der Waals surface area contributed by atoms with Crippen LogP contribution in [0.2, 0.25) is 0 Å². The Bertz CT molecular complexity index is 680. The Kier molecular flexibility index (Phi) is 5.00. The van der Waals surface area contributed by atoms with E-state index in [0.717, 1.165) is 25.3 Å². The van der Waals surface area contributed by atoms with E-state index < -0.39 is 0 Å². The molecule has 1 saturated heterocycles. The molecule has 0 aliphatic carbocycles. The number of carbonyl (C=O) groups excluding carboxylic acids is 1. The molecular weight excluding hydrogens is 300 g/mol. The van der Waals surface area contributed by atoms with Crippen molar-refractivity contribution in [3.8, 4) is 5.69 Å². The lowest BCUT2D eigenvalue weighted by Gasteiger charge is -2.22. The van der Waals surface area contributed by atoms with Gasteiger partial charge < -0.3 is 5.32 Å². The van der Waals surface area contributed by atoms with Gasteiger partial charge in [0.1, 0.15) is 0 Å². The second-order valence-electron chi connectivity index (χ2n) is 6.99. The van der Waals surface area contributed by atoms with Crippen molar-refractivity contribution in [2.24, 2.45) is 11.8 Å². The quantitative estimate of drug-likeness (QED) is 0.918. The van der Waals surface area contributed by atoms with Gasteiger partial charge in [-0.3, -0.25) is 9.69 Å². The SMILES string of the molecule is CC(=O)N[C@@H]1CN(Cc2ccccc2-n2cccn2)C[C@H]1C(C)C. The molecule has 0 bridgehead atoms. The summed E-state index contributed by atoms with van der Waals surface area (Å²) in [7, 11) is 0. The van der Waals surface area contributed by atoms with Crippen molar-refractivity contribution in [1.29, 1.82) is 0 Å². The van der Waals surface area contributed by atoms with Crippen LogP contribution in [0.4, 0.5) is 0 Å². The second kappa shape index (κ2) is 7.18. The zero-order valence-corrected chi connectivity index (χ0v) is 14.6. The fourth-order valence-electron chi connectivity index (χ4n) is 3.65. The van der Waals surface area contributed by atoms with Crippen LogP contribution < -0.4 is 5.32 Å². The molecule has 128 valence electrons. The summed E-state index contributed by atoms with van der Waals surface area (Å²) in [6.45, 7) is 8.86. The van der Waals surface area contributed by atoms with E-state index in [1.807, 2.05) is 23.0 Å². The van der Waals surface area contributed by atoms with E-state index in [-0.39, 0.29) is 11.9 Å². The number of amides is 1. The molecular formula is C19H26N4O. The number of nitrogens with one attached hydrogen (secondary N) is 1. The maximum absolute atomic E-state index is 11.5. The van der Waals surface area contributed by atoms with Gasteiger partial charge in [0.15, 0.2) is 0 Å². The highest BCUT2D eigenvalue weighted by molar-refractivity contribution is 5.73. The Hall–Kier alpha value is -2.14. The molecule has 5 nitrogen and oxygen atoms in total. The van der Waals surface area contributed by atoms with Crippen molar-refractivity contribution < 1.29 is 4.79 Å². The molecule has 1 fully saturated rings. The van der Waals surface area contributed by atoms with Crippen LogP contribution in [-0.4, -0.2) is 39.7 Å². The highest BCUT2D eigenvalue weighted by Gasteiger charge is 2.35. The fourth-order valence-corrected chi connectivity index (χ4v) is 3.65. The van der Waals surface area contributed by atoms with Crippen molar-refractivity contribution in [1.82, 2.24) is 20.0 Å². The summed E-state index contributed by atoms with van der Waals surface area (Å²) < 4.78 is 1.91. The maximum atomic E-state index is 11.5. The molecule has 1 aromatic carbocycles. The predicted molar refractivity (Wildman–Crippen MR) is 94.8 cm³/mol. The standard InChI is InChI=1S/C19H26N4O/c1-14(2)17-12-22(13-18(17)21-15(3)24)11-16-7-4-5-8-19(16)23-10-6-9-20-23/h4-10,14,17-18H,11-13H2,1-3H3,(H,21,24)/t17-,18+/m0/s1. The van der Waals surface area contributed by atoms with Crippen LogP contribution in [0.25, 0.3) is 5.69 Å². The lowest BCUT2D eigenvalue weighted by Crippen LogP contribution is -2.40. The summed E-state index contributed by atoms with van der Waals surface area (Å²) >= 11 is 0. The van der Waals surface area contributed by atoms with Gasteiger partial charge in [0.2, 0.25) is 5.91 Å². The Morgan fingerprint density at radius 2 is 2.08 bits per heavy atom. The topological polar surface area (TPSA) is 50.2 Å². The smallest absolute Gasteiger partial charge is 0.217 e. The van der Waals surface area contributed by atoms with Crippen molar-refractivity contribution in [3.63, 3.8) is 0 Å². The van der Waals surface area contributed by atoms with Gasteiger partial charge in [0, 0.05) is 45.0 Å². The van der Waals surface area contributed by atoms with Crippen LogP contribution in [0.3, 0.4) is 0 Å². The third kappa shape index (κ3) is 3.67. The van der Waals surface area contributed by atoms with Gasteiger partial charge in [0.25, 0.3) is 0 Å². The predicted octanol–water partition coefficient (Wildman–Crippen LogP) is 2.46. The molecule has 2 aromatic rings. The molecule has 1 amide bonds. The Balaban J connectivity index is 1.76. The molecule has 2 heterocycles. The highest BCUT2D eigenvalue weighted by atomic mass is 16.1. The first-order valence-electron chi connectivity index (χ1n) is 8.62. The van der Waals surface area contributed by atoms with Crippen molar-refractivity contribution in [2.45, 2.75) is 33.4 Å². The molecule has 0 unspecified atom stereocenters. The summed E-state index contributed by atoms with van der Waals surface area (Å²) in [5.41, 5.74) is 2.37. The molecule has 2 atom stereocenters. The second-order valence-corrected chi connectivity index (χ2v) is 6.99. The molecule has 5 heteroatoms. The molecule has 1 aromatic heterocycles. The fraction of sp³-hybridized carbons (Fsp3) is 0.474. The lowest BCUT2D eigenvalue weighted by molar-refractivity contribution is -0.119. The summed E-state index contributed by atoms with van der Waals surface area (Å²) in [6.07, 6.45) is 3.77. The average Bonchev–Trinajstić information content (AvgIpc) is 3.17. The Morgan fingerprint density at radius 1 is 1.29 bits per heavy atom. The number of nitrogens with zero attached hydrogens (tertiary/aromatic N) is 3. The zero-order valence-electron chi connectivity index (χ0n) is 14.6. The number of benzene rings is 1. The first kappa shape index (κ1) is 16.7. The molecule has 1 aliphatic rings. The molecule has 3 rings (SSSR count). The summed E-state index contributed by atoms with van der Waals surface area (Å²) in [5, 5.41) is 7.49. The van der Waals surface area contributed by atoms with Gasteiger partial charge >= 0.3 is 0 Å². The van der Waals surface area contributed by atoms with Crippen LogP contribution in [0, 0.1) is 11.8 Å². The van der Waals surface area contributed by atoms with E-state index >= 15 is 0 Å². The van der Waals surface area contributed by atoms with E-state index in [2.05, 4.69) is 47.4 Å². The number of rotatable bonds is 5. The molecule has 0 spiro atoms. The van der Waals surface area contributed by atoms with Gasteiger partial charge in [0.05, 0.1) is 5.69 Å². The Morgan fingerprint density at radius 3 is 2.75 bits per heavy atom. The largest absolute Gasteiger partial charge is 0.352 e. The number of aromatic nitrogens is 2. The van der Waals surface area contributed by atoms with Gasteiger partial charge in [-0.25, -0.2) is 4.68 Å². The lowest BCUT2D eigenvalue weighted by atomic mass is 9.91. The minimum atomic E-state index is 0.0597. The van der Waals surface area contributed by atoms with Gasteiger partial charge in [-0.2, -0.15) is 5.10 Å². The molecule has 0 saturated carbocycles. The summed E-state index contributed by atoms with van der Waals surface area (Å²) in [6, 6.07) is 10.6. The average molecular weight is 326 g/mol. The number of hydrogen-bond acceptors (Lipinski definition) is 3. The molecule has 1 aliphatic heterocycles. The number of para-hydroxylation sites is 1. The highest BCUT2D eigenvalue weighted by Crippen LogP contribution is 2.27. The molecule has 0 radical (unpaired) electrons. The van der Waals surface area contributed by atoms with E-state index in [0.29, 0.717) is 11.8 Å². The number of likely N-dealkylation sites (tertiary alicyclic amines) is 1. The van der Waals surface area contributed by atoms with Crippen molar-refractivity contribution in [3.05, 3.63) is 48.3 Å². The number of carbonyl (C=O) groups is 1. The third-order valence-electron chi connectivity index (χ3n) is 4.82. The van der Waals surface area contributed by atoms with E-state index in [1.54, 1.807) is 13.1 Å². The molecule has 1 N–H and O–H groups in total. The van der Waals surface area contributed by atoms with Gasteiger partial charge in [-0.05, 0) is 29.5 Å². The third-order valence-corrected chi connectivity index (χ3v) is 4.82. The van der Waals surface area contributed by atoms with Crippen LogP contribution >= 0.6 is 0 Å². The first-order chi connectivity index (χ1) is 11.5.